The number of aryl methyl sites for hydroxylation is 3. The van der Waals surface area contributed by atoms with Gasteiger partial charge in [0, 0.05) is 6.54 Å². The summed E-state index contributed by atoms with van der Waals surface area (Å²) in [5.74, 6) is 0.986. The van der Waals surface area contributed by atoms with Crippen molar-refractivity contribution in [2.45, 2.75) is 27.3 Å². The number of rotatable bonds is 3. The zero-order valence-electron chi connectivity index (χ0n) is 10.9. The Morgan fingerprint density at radius 1 is 1.17 bits per heavy atom. The second kappa shape index (κ2) is 5.08. The van der Waals surface area contributed by atoms with Gasteiger partial charge >= 0.3 is 0 Å². The zero-order valence-corrected chi connectivity index (χ0v) is 10.9. The van der Waals surface area contributed by atoms with Crippen LogP contribution in [0.25, 0.3) is 0 Å². The topological polar surface area (TPSA) is 42.2 Å². The van der Waals surface area contributed by atoms with Gasteiger partial charge in [-0.05, 0) is 38.0 Å². The number of hydrogen-bond acceptors (Lipinski definition) is 2. The van der Waals surface area contributed by atoms with Gasteiger partial charge in [-0.1, -0.05) is 29.8 Å². The summed E-state index contributed by atoms with van der Waals surface area (Å²) in [6.45, 7) is 6.33. The molecule has 0 atom stereocenters. The van der Waals surface area contributed by atoms with Crippen LogP contribution >= 0.6 is 0 Å². The van der Waals surface area contributed by atoms with Crippen molar-refractivity contribution in [1.29, 1.82) is 0 Å². The SMILES string of the molecule is Cc1ccc(CNC(=O)c2cc(C)c(C)o2)cc1. The maximum Gasteiger partial charge on any atom is 0.287 e. The lowest BCUT2D eigenvalue weighted by Crippen LogP contribution is -2.22. The molecule has 0 aliphatic heterocycles. The van der Waals surface area contributed by atoms with Crippen LogP contribution in [0.1, 0.15) is 33.0 Å². The highest BCUT2D eigenvalue weighted by Crippen LogP contribution is 2.13. The Morgan fingerprint density at radius 3 is 2.39 bits per heavy atom. The van der Waals surface area contributed by atoms with E-state index in [9.17, 15) is 4.79 Å². The molecule has 1 aromatic carbocycles. The highest BCUT2D eigenvalue weighted by atomic mass is 16.3. The lowest BCUT2D eigenvalue weighted by atomic mass is 10.1. The molecule has 0 unspecified atom stereocenters. The van der Waals surface area contributed by atoms with E-state index in [1.54, 1.807) is 6.07 Å². The van der Waals surface area contributed by atoms with E-state index < -0.39 is 0 Å². The number of amides is 1. The summed E-state index contributed by atoms with van der Waals surface area (Å²) in [6, 6.07) is 9.84. The number of carbonyl (C=O) groups excluding carboxylic acids is 1. The van der Waals surface area contributed by atoms with Crippen LogP contribution in [-0.4, -0.2) is 5.91 Å². The molecule has 0 saturated carbocycles. The average Bonchev–Trinajstić information content (AvgIpc) is 2.69. The van der Waals surface area contributed by atoms with Gasteiger partial charge in [0.25, 0.3) is 5.91 Å². The van der Waals surface area contributed by atoms with Crippen LogP contribution in [-0.2, 0) is 6.54 Å². The van der Waals surface area contributed by atoms with E-state index in [0.29, 0.717) is 12.3 Å². The molecule has 0 aliphatic rings. The molecular formula is C15H17NO2. The molecule has 0 spiro atoms. The number of hydrogen-bond donors (Lipinski definition) is 1. The molecule has 1 aromatic heterocycles. The summed E-state index contributed by atoms with van der Waals surface area (Å²) < 4.78 is 5.37. The van der Waals surface area contributed by atoms with E-state index in [1.165, 1.54) is 5.56 Å². The molecule has 94 valence electrons. The minimum Gasteiger partial charge on any atom is -0.456 e. The van der Waals surface area contributed by atoms with Crippen molar-refractivity contribution in [3.63, 3.8) is 0 Å². The first-order chi connectivity index (χ1) is 8.56. The second-order valence-electron chi connectivity index (χ2n) is 4.52. The summed E-state index contributed by atoms with van der Waals surface area (Å²) in [5, 5.41) is 2.84. The number of nitrogens with one attached hydrogen (secondary N) is 1. The van der Waals surface area contributed by atoms with E-state index >= 15 is 0 Å². The van der Waals surface area contributed by atoms with Crippen molar-refractivity contribution in [3.8, 4) is 0 Å². The van der Waals surface area contributed by atoms with Crippen LogP contribution in [0.5, 0.6) is 0 Å². The number of benzene rings is 1. The van der Waals surface area contributed by atoms with Crippen LogP contribution in [0, 0.1) is 20.8 Å². The molecule has 0 bridgehead atoms. The smallest absolute Gasteiger partial charge is 0.287 e. The highest BCUT2D eigenvalue weighted by Gasteiger charge is 2.11. The van der Waals surface area contributed by atoms with Crippen molar-refractivity contribution in [2.75, 3.05) is 0 Å². The van der Waals surface area contributed by atoms with Crippen molar-refractivity contribution < 1.29 is 9.21 Å². The number of furan rings is 1. The van der Waals surface area contributed by atoms with E-state index in [1.807, 2.05) is 45.0 Å². The molecule has 0 radical (unpaired) electrons. The van der Waals surface area contributed by atoms with Crippen LogP contribution in [0.4, 0.5) is 0 Å². The molecule has 0 aliphatic carbocycles. The van der Waals surface area contributed by atoms with Gasteiger partial charge in [-0.15, -0.1) is 0 Å². The lowest BCUT2D eigenvalue weighted by Gasteiger charge is -2.03. The summed E-state index contributed by atoms with van der Waals surface area (Å²) in [6.07, 6.45) is 0. The monoisotopic (exact) mass is 243 g/mol. The fourth-order valence-corrected chi connectivity index (χ4v) is 1.66. The average molecular weight is 243 g/mol. The van der Waals surface area contributed by atoms with Crippen LogP contribution in [0.3, 0.4) is 0 Å². The molecule has 0 fully saturated rings. The Kier molecular flexibility index (Phi) is 3.51. The van der Waals surface area contributed by atoms with E-state index in [0.717, 1.165) is 16.9 Å². The van der Waals surface area contributed by atoms with Gasteiger partial charge in [0.05, 0.1) is 0 Å². The van der Waals surface area contributed by atoms with Crippen molar-refractivity contribution in [2.24, 2.45) is 0 Å². The maximum absolute atomic E-state index is 11.8. The Labute approximate surface area is 107 Å². The van der Waals surface area contributed by atoms with Crippen LogP contribution in [0.15, 0.2) is 34.7 Å². The Morgan fingerprint density at radius 2 is 1.83 bits per heavy atom. The molecule has 3 heteroatoms. The summed E-state index contributed by atoms with van der Waals surface area (Å²) >= 11 is 0. The molecule has 3 nitrogen and oxygen atoms in total. The highest BCUT2D eigenvalue weighted by molar-refractivity contribution is 5.91. The Balaban J connectivity index is 1.98. The van der Waals surface area contributed by atoms with Crippen molar-refractivity contribution >= 4 is 5.91 Å². The molecule has 2 aromatic rings. The molecule has 1 amide bonds. The van der Waals surface area contributed by atoms with Crippen molar-refractivity contribution in [1.82, 2.24) is 5.32 Å². The number of carbonyl (C=O) groups is 1. The third-order valence-electron chi connectivity index (χ3n) is 2.96. The maximum atomic E-state index is 11.8. The normalized spacial score (nSPS) is 10.4. The van der Waals surface area contributed by atoms with Gasteiger partial charge < -0.3 is 9.73 Å². The van der Waals surface area contributed by atoms with Gasteiger partial charge in [-0.25, -0.2) is 0 Å². The van der Waals surface area contributed by atoms with E-state index in [2.05, 4.69) is 5.32 Å². The van der Waals surface area contributed by atoms with Gasteiger partial charge in [0.1, 0.15) is 5.76 Å². The molecule has 1 N–H and O–H groups in total. The fraction of sp³-hybridized carbons (Fsp3) is 0.267. The largest absolute Gasteiger partial charge is 0.456 e. The summed E-state index contributed by atoms with van der Waals surface area (Å²) in [5.41, 5.74) is 3.28. The zero-order chi connectivity index (χ0) is 13.1. The van der Waals surface area contributed by atoms with Gasteiger partial charge in [-0.2, -0.15) is 0 Å². The third kappa shape index (κ3) is 2.80. The van der Waals surface area contributed by atoms with Crippen LogP contribution < -0.4 is 5.32 Å². The Hall–Kier alpha value is -2.03. The lowest BCUT2D eigenvalue weighted by molar-refractivity contribution is 0.0922. The minimum atomic E-state index is -0.174. The van der Waals surface area contributed by atoms with Gasteiger partial charge in [0.15, 0.2) is 5.76 Å². The Bertz CT molecular complexity index is 533. The van der Waals surface area contributed by atoms with Crippen LogP contribution in [0.2, 0.25) is 0 Å². The predicted octanol–water partition coefficient (Wildman–Crippen LogP) is 3.13. The molecular weight excluding hydrogens is 226 g/mol. The summed E-state index contributed by atoms with van der Waals surface area (Å²) in [7, 11) is 0. The third-order valence-corrected chi connectivity index (χ3v) is 2.96. The molecule has 0 saturated heterocycles. The molecule has 2 rings (SSSR count). The van der Waals surface area contributed by atoms with Gasteiger partial charge in [0.2, 0.25) is 0 Å². The van der Waals surface area contributed by atoms with E-state index in [-0.39, 0.29) is 5.91 Å². The summed E-state index contributed by atoms with van der Waals surface area (Å²) in [4.78, 5) is 11.8. The van der Waals surface area contributed by atoms with Gasteiger partial charge in [-0.3, -0.25) is 4.79 Å². The first-order valence-electron chi connectivity index (χ1n) is 5.97. The molecule has 1 heterocycles. The predicted molar refractivity (Wildman–Crippen MR) is 70.5 cm³/mol. The fourth-order valence-electron chi connectivity index (χ4n) is 1.66. The quantitative estimate of drug-likeness (QED) is 0.899. The van der Waals surface area contributed by atoms with E-state index in [4.69, 9.17) is 4.42 Å². The minimum absolute atomic E-state index is 0.174. The second-order valence-corrected chi connectivity index (χ2v) is 4.52. The standard InChI is InChI=1S/C15H17NO2/c1-10-4-6-13(7-5-10)9-16-15(17)14-8-11(2)12(3)18-14/h4-8H,9H2,1-3H3,(H,16,17). The first kappa shape index (κ1) is 12.4. The van der Waals surface area contributed by atoms with Crippen molar-refractivity contribution in [3.05, 3.63) is 58.5 Å². The first-order valence-corrected chi connectivity index (χ1v) is 5.97. The molecule has 18 heavy (non-hydrogen) atoms.